The van der Waals surface area contributed by atoms with Gasteiger partial charge in [-0.2, -0.15) is 0 Å². The SMILES string of the molecule is O=C(O)c1cccc(OCCN2CCN(C3CC3)CC2)c1. The molecule has 5 nitrogen and oxygen atoms in total. The number of piperazine rings is 1. The second-order valence-electron chi connectivity index (χ2n) is 5.79. The number of hydrogen-bond donors (Lipinski definition) is 1. The summed E-state index contributed by atoms with van der Waals surface area (Å²) in [4.78, 5) is 15.9. The van der Waals surface area contributed by atoms with Crippen molar-refractivity contribution in [1.29, 1.82) is 0 Å². The molecule has 1 N–H and O–H groups in total. The molecule has 0 unspecified atom stereocenters. The molecule has 21 heavy (non-hydrogen) atoms. The number of ether oxygens (including phenoxy) is 1. The van der Waals surface area contributed by atoms with E-state index >= 15 is 0 Å². The van der Waals surface area contributed by atoms with Crippen LogP contribution >= 0.6 is 0 Å². The summed E-state index contributed by atoms with van der Waals surface area (Å²) >= 11 is 0. The van der Waals surface area contributed by atoms with Crippen LogP contribution in [0.5, 0.6) is 5.75 Å². The number of carboxylic acids is 1. The van der Waals surface area contributed by atoms with Gasteiger partial charge in [-0.1, -0.05) is 6.07 Å². The van der Waals surface area contributed by atoms with Crippen LogP contribution in [0.15, 0.2) is 24.3 Å². The number of benzene rings is 1. The number of aromatic carboxylic acids is 1. The third-order valence-corrected chi connectivity index (χ3v) is 4.23. The Morgan fingerprint density at radius 1 is 1.24 bits per heavy atom. The summed E-state index contributed by atoms with van der Waals surface area (Å²) in [6.45, 7) is 6.05. The molecule has 1 heterocycles. The molecule has 0 bridgehead atoms. The van der Waals surface area contributed by atoms with Gasteiger partial charge in [-0.15, -0.1) is 0 Å². The molecule has 0 amide bonds. The number of hydrogen-bond acceptors (Lipinski definition) is 4. The molecule has 1 aromatic carbocycles. The monoisotopic (exact) mass is 290 g/mol. The molecule has 1 aromatic rings. The van der Waals surface area contributed by atoms with Crippen molar-refractivity contribution in [2.45, 2.75) is 18.9 Å². The van der Waals surface area contributed by atoms with E-state index in [1.807, 2.05) is 0 Å². The molecule has 1 aliphatic heterocycles. The van der Waals surface area contributed by atoms with Crippen LogP contribution in [0.3, 0.4) is 0 Å². The third-order valence-electron chi connectivity index (χ3n) is 4.23. The smallest absolute Gasteiger partial charge is 0.335 e. The van der Waals surface area contributed by atoms with Crippen molar-refractivity contribution in [3.63, 3.8) is 0 Å². The Kier molecular flexibility index (Phi) is 4.41. The van der Waals surface area contributed by atoms with E-state index in [0.717, 1.165) is 25.7 Å². The van der Waals surface area contributed by atoms with Crippen molar-refractivity contribution in [3.8, 4) is 5.75 Å². The van der Waals surface area contributed by atoms with Crippen LogP contribution in [-0.2, 0) is 0 Å². The molecule has 0 aromatic heterocycles. The first-order valence-corrected chi connectivity index (χ1v) is 7.65. The molecule has 2 fully saturated rings. The normalized spacial score (nSPS) is 20.4. The Labute approximate surface area is 125 Å². The van der Waals surface area contributed by atoms with Gasteiger partial charge in [0, 0.05) is 38.8 Å². The van der Waals surface area contributed by atoms with Crippen LogP contribution in [-0.4, -0.2) is 66.2 Å². The van der Waals surface area contributed by atoms with E-state index in [-0.39, 0.29) is 5.56 Å². The largest absolute Gasteiger partial charge is 0.492 e. The van der Waals surface area contributed by atoms with Crippen LogP contribution < -0.4 is 4.74 Å². The summed E-state index contributed by atoms with van der Waals surface area (Å²) in [5, 5.41) is 8.94. The Morgan fingerprint density at radius 2 is 2.00 bits per heavy atom. The molecule has 5 heteroatoms. The summed E-state index contributed by atoms with van der Waals surface area (Å²) in [6.07, 6.45) is 2.76. The number of carbonyl (C=O) groups is 1. The maximum Gasteiger partial charge on any atom is 0.335 e. The highest BCUT2D eigenvalue weighted by Crippen LogP contribution is 2.27. The average Bonchev–Trinajstić information content (AvgIpc) is 3.33. The lowest BCUT2D eigenvalue weighted by Crippen LogP contribution is -2.48. The highest BCUT2D eigenvalue weighted by Gasteiger charge is 2.30. The molecule has 0 radical (unpaired) electrons. The van der Waals surface area contributed by atoms with Crippen molar-refractivity contribution in [2.24, 2.45) is 0 Å². The van der Waals surface area contributed by atoms with E-state index < -0.39 is 5.97 Å². The third kappa shape index (κ3) is 3.95. The summed E-state index contributed by atoms with van der Waals surface area (Å²) < 4.78 is 5.67. The maximum absolute atomic E-state index is 10.9. The Hall–Kier alpha value is -1.59. The Bertz CT molecular complexity index is 494. The molecule has 2 aliphatic rings. The van der Waals surface area contributed by atoms with Gasteiger partial charge in [0.2, 0.25) is 0 Å². The van der Waals surface area contributed by atoms with Crippen LogP contribution in [0.1, 0.15) is 23.2 Å². The van der Waals surface area contributed by atoms with Crippen molar-refractivity contribution in [3.05, 3.63) is 29.8 Å². The van der Waals surface area contributed by atoms with Gasteiger partial charge in [0.15, 0.2) is 0 Å². The van der Waals surface area contributed by atoms with Crippen molar-refractivity contribution in [1.82, 2.24) is 9.80 Å². The summed E-state index contributed by atoms with van der Waals surface area (Å²) in [7, 11) is 0. The first kappa shape index (κ1) is 14.4. The van der Waals surface area contributed by atoms with Gasteiger partial charge < -0.3 is 9.84 Å². The van der Waals surface area contributed by atoms with Gasteiger partial charge in [0.05, 0.1) is 5.56 Å². The first-order chi connectivity index (χ1) is 10.2. The summed E-state index contributed by atoms with van der Waals surface area (Å²) in [5.41, 5.74) is 0.269. The van der Waals surface area contributed by atoms with Crippen LogP contribution in [0.4, 0.5) is 0 Å². The fraction of sp³-hybridized carbons (Fsp3) is 0.562. The molecule has 1 saturated heterocycles. The maximum atomic E-state index is 10.9. The number of carboxylic acid groups (broad SMARTS) is 1. The van der Waals surface area contributed by atoms with E-state index in [2.05, 4.69) is 9.80 Å². The Balaban J connectivity index is 1.40. The summed E-state index contributed by atoms with van der Waals surface area (Å²) in [6, 6.07) is 7.53. The van der Waals surface area contributed by atoms with Gasteiger partial charge in [-0.25, -0.2) is 4.79 Å². The predicted molar refractivity (Wildman–Crippen MR) is 79.9 cm³/mol. The molecular weight excluding hydrogens is 268 g/mol. The van der Waals surface area contributed by atoms with E-state index in [1.165, 1.54) is 25.9 Å². The topological polar surface area (TPSA) is 53.0 Å². The molecule has 0 spiro atoms. The van der Waals surface area contributed by atoms with E-state index in [1.54, 1.807) is 24.3 Å². The van der Waals surface area contributed by atoms with E-state index in [0.29, 0.717) is 12.4 Å². The van der Waals surface area contributed by atoms with Gasteiger partial charge in [0.1, 0.15) is 12.4 Å². The second-order valence-corrected chi connectivity index (χ2v) is 5.79. The van der Waals surface area contributed by atoms with Gasteiger partial charge in [0.25, 0.3) is 0 Å². The standard InChI is InChI=1S/C16H22N2O3/c19-16(20)13-2-1-3-15(12-13)21-11-10-17-6-8-18(9-7-17)14-4-5-14/h1-3,12,14H,4-11H2,(H,19,20). The summed E-state index contributed by atoms with van der Waals surface area (Å²) in [5.74, 6) is -0.289. The van der Waals surface area contributed by atoms with Crippen LogP contribution in [0, 0.1) is 0 Å². The molecule has 1 saturated carbocycles. The first-order valence-electron chi connectivity index (χ1n) is 7.65. The minimum Gasteiger partial charge on any atom is -0.492 e. The zero-order valence-electron chi connectivity index (χ0n) is 12.2. The zero-order chi connectivity index (χ0) is 14.7. The lowest BCUT2D eigenvalue weighted by atomic mass is 10.2. The van der Waals surface area contributed by atoms with Gasteiger partial charge in [-0.3, -0.25) is 9.80 Å². The molecule has 1 aliphatic carbocycles. The predicted octanol–water partition coefficient (Wildman–Crippen LogP) is 1.54. The van der Waals surface area contributed by atoms with Crippen LogP contribution in [0.25, 0.3) is 0 Å². The van der Waals surface area contributed by atoms with Crippen molar-refractivity contribution < 1.29 is 14.6 Å². The van der Waals surface area contributed by atoms with Crippen molar-refractivity contribution in [2.75, 3.05) is 39.3 Å². The average molecular weight is 290 g/mol. The fourth-order valence-corrected chi connectivity index (χ4v) is 2.80. The highest BCUT2D eigenvalue weighted by molar-refractivity contribution is 5.87. The minimum atomic E-state index is -0.920. The lowest BCUT2D eigenvalue weighted by molar-refractivity contribution is 0.0696. The van der Waals surface area contributed by atoms with Crippen LogP contribution in [0.2, 0.25) is 0 Å². The molecule has 114 valence electrons. The van der Waals surface area contributed by atoms with Gasteiger partial charge in [-0.05, 0) is 31.0 Å². The van der Waals surface area contributed by atoms with E-state index in [9.17, 15) is 4.79 Å². The lowest BCUT2D eigenvalue weighted by Gasteiger charge is -2.34. The number of rotatable bonds is 6. The number of nitrogens with zero attached hydrogens (tertiary/aromatic N) is 2. The zero-order valence-corrected chi connectivity index (χ0v) is 12.2. The molecule has 0 atom stereocenters. The minimum absolute atomic E-state index is 0.269. The van der Waals surface area contributed by atoms with E-state index in [4.69, 9.17) is 9.84 Å². The fourth-order valence-electron chi connectivity index (χ4n) is 2.80. The van der Waals surface area contributed by atoms with Crippen molar-refractivity contribution >= 4 is 5.97 Å². The molecule has 3 rings (SSSR count). The second kappa shape index (κ2) is 6.45. The Morgan fingerprint density at radius 3 is 2.67 bits per heavy atom. The molecular formula is C16H22N2O3. The highest BCUT2D eigenvalue weighted by atomic mass is 16.5. The quantitative estimate of drug-likeness (QED) is 0.861. The van der Waals surface area contributed by atoms with Gasteiger partial charge >= 0.3 is 5.97 Å².